The largest absolute Gasteiger partial charge is 0.462 e. The molecule has 6 heteroatoms. The highest BCUT2D eigenvalue weighted by molar-refractivity contribution is 5.71. The Labute approximate surface area is 391 Å². The quantitative estimate of drug-likeness (QED) is 0.0262. The maximum absolute atomic E-state index is 12.8. The number of hydrogen-bond donors (Lipinski definition) is 0. The van der Waals surface area contributed by atoms with Crippen molar-refractivity contribution in [1.82, 2.24) is 0 Å². The van der Waals surface area contributed by atoms with Gasteiger partial charge in [-0.3, -0.25) is 14.4 Å². The molecule has 0 heterocycles. The molecule has 0 N–H and O–H groups in total. The van der Waals surface area contributed by atoms with Crippen LogP contribution in [0.4, 0.5) is 0 Å². The number of carbonyl (C=O) groups is 3. The molecule has 0 unspecified atom stereocenters. The topological polar surface area (TPSA) is 78.9 Å². The fourth-order valence-electron chi connectivity index (χ4n) is 7.98. The minimum absolute atomic E-state index is 0.0747. The van der Waals surface area contributed by atoms with E-state index in [0.717, 1.165) is 83.5 Å². The molecule has 0 aromatic carbocycles. The van der Waals surface area contributed by atoms with E-state index in [0.29, 0.717) is 19.3 Å². The van der Waals surface area contributed by atoms with Crippen LogP contribution in [0.15, 0.2) is 36.5 Å². The number of hydrogen-bond acceptors (Lipinski definition) is 6. The first-order valence-electron chi connectivity index (χ1n) is 27.5. The summed E-state index contributed by atoms with van der Waals surface area (Å²) in [6.45, 7) is 6.62. The molecule has 368 valence electrons. The Kier molecular flexibility index (Phi) is 50.3. The van der Waals surface area contributed by atoms with Crippen molar-refractivity contribution in [2.45, 2.75) is 297 Å². The third kappa shape index (κ3) is 50.5. The SMILES string of the molecule is CCCCC/C=C\C/C=C\C/C=C\CCCCCCC(=O)OC[C@H](COC(=O)CCCCCCCCCCCCCCCCC)OC(=O)CCCCCCCCCCCCCCC. The van der Waals surface area contributed by atoms with Gasteiger partial charge < -0.3 is 14.2 Å². The van der Waals surface area contributed by atoms with Crippen LogP contribution in [0.3, 0.4) is 0 Å². The Balaban J connectivity index is 4.37. The molecular formula is C57H104O6. The molecular weight excluding hydrogens is 781 g/mol. The molecule has 0 amide bonds. The molecule has 0 spiro atoms. The highest BCUT2D eigenvalue weighted by Crippen LogP contribution is 2.16. The third-order valence-electron chi connectivity index (χ3n) is 12.1. The summed E-state index contributed by atoms with van der Waals surface area (Å²) in [6.07, 6.45) is 61.2. The van der Waals surface area contributed by atoms with Gasteiger partial charge in [0.2, 0.25) is 0 Å². The molecule has 0 aliphatic rings. The highest BCUT2D eigenvalue weighted by Gasteiger charge is 2.19. The molecule has 0 saturated carbocycles. The maximum Gasteiger partial charge on any atom is 0.306 e. The van der Waals surface area contributed by atoms with Gasteiger partial charge in [-0.05, 0) is 57.8 Å². The molecule has 1 atom stereocenters. The highest BCUT2D eigenvalue weighted by atomic mass is 16.6. The molecule has 0 aromatic rings. The van der Waals surface area contributed by atoms with Crippen LogP contribution < -0.4 is 0 Å². The first-order valence-corrected chi connectivity index (χ1v) is 27.5. The minimum Gasteiger partial charge on any atom is -0.462 e. The Morgan fingerprint density at radius 3 is 0.921 bits per heavy atom. The Morgan fingerprint density at radius 1 is 0.317 bits per heavy atom. The van der Waals surface area contributed by atoms with Crippen molar-refractivity contribution < 1.29 is 28.6 Å². The normalized spacial score (nSPS) is 12.2. The van der Waals surface area contributed by atoms with Crippen LogP contribution in [-0.2, 0) is 28.6 Å². The van der Waals surface area contributed by atoms with Crippen LogP contribution in [0, 0.1) is 0 Å². The molecule has 0 saturated heterocycles. The predicted molar refractivity (Wildman–Crippen MR) is 270 cm³/mol. The summed E-state index contributed by atoms with van der Waals surface area (Å²) < 4.78 is 16.8. The minimum atomic E-state index is -0.776. The average molecular weight is 885 g/mol. The van der Waals surface area contributed by atoms with Crippen LogP contribution in [-0.4, -0.2) is 37.2 Å². The molecule has 0 bridgehead atoms. The van der Waals surface area contributed by atoms with E-state index < -0.39 is 6.10 Å². The fraction of sp³-hybridized carbons (Fsp3) is 0.842. The summed E-state index contributed by atoms with van der Waals surface area (Å²) in [7, 11) is 0. The van der Waals surface area contributed by atoms with Crippen molar-refractivity contribution in [3.8, 4) is 0 Å². The van der Waals surface area contributed by atoms with Gasteiger partial charge in [0.15, 0.2) is 6.10 Å². The van der Waals surface area contributed by atoms with E-state index in [4.69, 9.17) is 14.2 Å². The standard InChI is InChI=1S/C57H104O6/c1-4-7-10-13-16-19-22-25-27-28-30-33-35-38-41-44-47-50-56(59)62-53-54(63-57(60)51-48-45-42-39-36-31-24-21-18-15-12-9-6-3)52-61-55(58)49-46-43-40-37-34-32-29-26-23-20-17-14-11-8-5-2/h16,19,25,27,30,33,54H,4-15,17-18,20-24,26,28-29,31-32,34-53H2,1-3H3/b19-16-,27-25-,33-30-/t54-/m0/s1. The van der Waals surface area contributed by atoms with Gasteiger partial charge in [-0.2, -0.15) is 0 Å². The van der Waals surface area contributed by atoms with E-state index in [1.807, 2.05) is 0 Å². The molecule has 0 aromatic heterocycles. The average Bonchev–Trinajstić information content (AvgIpc) is 3.28. The number of allylic oxidation sites excluding steroid dienone is 6. The molecule has 0 rings (SSSR count). The number of rotatable bonds is 50. The zero-order chi connectivity index (χ0) is 45.8. The van der Waals surface area contributed by atoms with Crippen molar-refractivity contribution in [2.75, 3.05) is 13.2 Å². The lowest BCUT2D eigenvalue weighted by Gasteiger charge is -2.18. The maximum atomic E-state index is 12.8. The van der Waals surface area contributed by atoms with Gasteiger partial charge in [-0.25, -0.2) is 0 Å². The number of ether oxygens (including phenoxy) is 3. The second-order valence-corrected chi connectivity index (χ2v) is 18.5. The number of esters is 3. The van der Waals surface area contributed by atoms with Crippen LogP contribution in [0.1, 0.15) is 290 Å². The molecule has 0 aliphatic heterocycles. The fourth-order valence-corrected chi connectivity index (χ4v) is 7.98. The number of unbranched alkanes of at least 4 members (excludes halogenated alkanes) is 33. The van der Waals surface area contributed by atoms with Gasteiger partial charge in [0, 0.05) is 19.3 Å². The van der Waals surface area contributed by atoms with Crippen LogP contribution in [0.25, 0.3) is 0 Å². The van der Waals surface area contributed by atoms with E-state index >= 15 is 0 Å². The smallest absolute Gasteiger partial charge is 0.306 e. The van der Waals surface area contributed by atoms with Crippen molar-refractivity contribution >= 4 is 17.9 Å². The molecule has 0 aliphatic carbocycles. The van der Waals surface area contributed by atoms with Gasteiger partial charge in [0.1, 0.15) is 13.2 Å². The van der Waals surface area contributed by atoms with Crippen molar-refractivity contribution in [3.05, 3.63) is 36.5 Å². The summed E-state index contributed by atoms with van der Waals surface area (Å²) in [5.74, 6) is -0.882. The van der Waals surface area contributed by atoms with Gasteiger partial charge in [0.05, 0.1) is 0 Å². The summed E-state index contributed by atoms with van der Waals surface area (Å²) in [6, 6.07) is 0. The van der Waals surface area contributed by atoms with E-state index in [1.165, 1.54) is 167 Å². The molecule has 63 heavy (non-hydrogen) atoms. The monoisotopic (exact) mass is 885 g/mol. The van der Waals surface area contributed by atoms with E-state index in [9.17, 15) is 14.4 Å². The van der Waals surface area contributed by atoms with Crippen LogP contribution in [0.2, 0.25) is 0 Å². The van der Waals surface area contributed by atoms with Gasteiger partial charge in [-0.1, -0.05) is 250 Å². The van der Waals surface area contributed by atoms with Crippen LogP contribution >= 0.6 is 0 Å². The summed E-state index contributed by atoms with van der Waals surface area (Å²) >= 11 is 0. The van der Waals surface area contributed by atoms with E-state index in [-0.39, 0.29) is 31.1 Å². The molecule has 0 fully saturated rings. The third-order valence-corrected chi connectivity index (χ3v) is 12.1. The second-order valence-electron chi connectivity index (χ2n) is 18.5. The Bertz CT molecular complexity index is 1060. The Morgan fingerprint density at radius 2 is 0.571 bits per heavy atom. The van der Waals surface area contributed by atoms with Gasteiger partial charge in [0.25, 0.3) is 0 Å². The lowest BCUT2D eigenvalue weighted by atomic mass is 10.0. The zero-order valence-electron chi connectivity index (χ0n) is 42.1. The predicted octanol–water partition coefficient (Wildman–Crippen LogP) is 18.1. The molecule has 0 radical (unpaired) electrons. The zero-order valence-corrected chi connectivity index (χ0v) is 42.1. The van der Waals surface area contributed by atoms with Gasteiger partial charge in [-0.15, -0.1) is 0 Å². The van der Waals surface area contributed by atoms with E-state index in [1.54, 1.807) is 0 Å². The van der Waals surface area contributed by atoms with Crippen LogP contribution in [0.5, 0.6) is 0 Å². The number of carbonyl (C=O) groups excluding carboxylic acids is 3. The summed E-state index contributed by atoms with van der Waals surface area (Å²) in [5.41, 5.74) is 0. The first kappa shape index (κ1) is 60.6. The van der Waals surface area contributed by atoms with Crippen molar-refractivity contribution in [3.63, 3.8) is 0 Å². The van der Waals surface area contributed by atoms with E-state index in [2.05, 4.69) is 57.2 Å². The first-order chi connectivity index (χ1) is 31.0. The van der Waals surface area contributed by atoms with Crippen molar-refractivity contribution in [2.24, 2.45) is 0 Å². The van der Waals surface area contributed by atoms with Crippen molar-refractivity contribution in [1.29, 1.82) is 0 Å². The summed E-state index contributed by atoms with van der Waals surface area (Å²) in [5, 5.41) is 0. The second kappa shape index (κ2) is 52.3. The Hall–Kier alpha value is -2.37. The summed E-state index contributed by atoms with van der Waals surface area (Å²) in [4.78, 5) is 38.0. The lowest BCUT2D eigenvalue weighted by Crippen LogP contribution is -2.30. The molecule has 6 nitrogen and oxygen atoms in total. The van der Waals surface area contributed by atoms with Gasteiger partial charge >= 0.3 is 17.9 Å². The lowest BCUT2D eigenvalue weighted by molar-refractivity contribution is -0.167.